The van der Waals surface area contributed by atoms with Crippen LogP contribution in [-0.4, -0.2) is 10.9 Å². The summed E-state index contributed by atoms with van der Waals surface area (Å²) in [5.74, 6) is -0.219. The first kappa shape index (κ1) is 16.7. The number of nitrogens with zero attached hydrogens (tertiary/aromatic N) is 1. The summed E-state index contributed by atoms with van der Waals surface area (Å²) < 4.78 is 0. The first-order valence-corrected chi connectivity index (χ1v) is 8.24. The molecule has 2 N–H and O–H groups in total. The molecule has 0 spiro atoms. The Morgan fingerprint density at radius 1 is 0.920 bits per heavy atom. The van der Waals surface area contributed by atoms with Crippen LogP contribution >= 0.6 is 0 Å². The third-order valence-corrected chi connectivity index (χ3v) is 3.88. The Balaban J connectivity index is 1.66. The standard InChI is InChI=1S/C21H21N3O/c1-15-6-8-18(9-7-15)24-21(25)20-13-19(10-11-22-20)23-14-17-5-3-4-16(2)12-17/h3-13H,14H2,1-2H3,(H,22,23)(H,24,25). The summed E-state index contributed by atoms with van der Waals surface area (Å²) in [5.41, 5.74) is 5.59. The van der Waals surface area contributed by atoms with Crippen molar-refractivity contribution in [1.82, 2.24) is 4.98 Å². The van der Waals surface area contributed by atoms with E-state index in [2.05, 4.69) is 40.7 Å². The number of hydrogen-bond acceptors (Lipinski definition) is 3. The van der Waals surface area contributed by atoms with Crippen molar-refractivity contribution in [1.29, 1.82) is 0 Å². The number of pyridine rings is 1. The fourth-order valence-corrected chi connectivity index (χ4v) is 2.52. The minimum atomic E-state index is -0.219. The molecule has 1 aromatic heterocycles. The largest absolute Gasteiger partial charge is 0.381 e. The molecular weight excluding hydrogens is 310 g/mol. The Kier molecular flexibility index (Phi) is 5.09. The summed E-state index contributed by atoms with van der Waals surface area (Å²) in [5, 5.41) is 6.20. The van der Waals surface area contributed by atoms with Gasteiger partial charge in [-0.25, -0.2) is 0 Å². The summed E-state index contributed by atoms with van der Waals surface area (Å²) in [6.45, 7) is 4.78. The maximum atomic E-state index is 12.4. The number of nitrogens with one attached hydrogen (secondary N) is 2. The number of benzene rings is 2. The molecule has 2 aromatic carbocycles. The summed E-state index contributed by atoms with van der Waals surface area (Å²) in [4.78, 5) is 16.5. The van der Waals surface area contributed by atoms with E-state index in [0.29, 0.717) is 12.2 Å². The lowest BCUT2D eigenvalue weighted by Crippen LogP contribution is -2.14. The van der Waals surface area contributed by atoms with Crippen molar-refractivity contribution in [3.63, 3.8) is 0 Å². The van der Waals surface area contributed by atoms with E-state index in [1.807, 2.05) is 43.3 Å². The maximum Gasteiger partial charge on any atom is 0.274 e. The van der Waals surface area contributed by atoms with Gasteiger partial charge in [-0.15, -0.1) is 0 Å². The van der Waals surface area contributed by atoms with Gasteiger partial charge in [0, 0.05) is 24.1 Å². The van der Waals surface area contributed by atoms with Gasteiger partial charge < -0.3 is 10.6 Å². The van der Waals surface area contributed by atoms with Gasteiger partial charge in [-0.3, -0.25) is 9.78 Å². The normalized spacial score (nSPS) is 10.3. The molecule has 0 radical (unpaired) electrons. The van der Waals surface area contributed by atoms with Crippen molar-refractivity contribution < 1.29 is 4.79 Å². The molecule has 4 nitrogen and oxygen atoms in total. The number of anilines is 2. The molecule has 3 rings (SSSR count). The molecular formula is C21H21N3O. The second kappa shape index (κ2) is 7.62. The predicted octanol–water partition coefficient (Wildman–Crippen LogP) is 4.56. The summed E-state index contributed by atoms with van der Waals surface area (Å²) >= 11 is 0. The van der Waals surface area contributed by atoms with Crippen molar-refractivity contribution >= 4 is 17.3 Å². The van der Waals surface area contributed by atoms with Gasteiger partial charge in [0.2, 0.25) is 0 Å². The van der Waals surface area contributed by atoms with Crippen LogP contribution in [0.4, 0.5) is 11.4 Å². The average molecular weight is 331 g/mol. The first-order chi connectivity index (χ1) is 12.1. The average Bonchev–Trinajstić information content (AvgIpc) is 2.62. The Morgan fingerprint density at radius 3 is 2.48 bits per heavy atom. The maximum absolute atomic E-state index is 12.4. The van der Waals surface area contributed by atoms with Crippen molar-refractivity contribution in [3.05, 3.63) is 89.2 Å². The highest BCUT2D eigenvalue weighted by molar-refractivity contribution is 6.03. The lowest BCUT2D eigenvalue weighted by molar-refractivity contribution is 0.102. The molecule has 0 aliphatic rings. The Hall–Kier alpha value is -3.14. The van der Waals surface area contributed by atoms with E-state index in [1.54, 1.807) is 12.3 Å². The van der Waals surface area contributed by atoms with Crippen LogP contribution in [0.5, 0.6) is 0 Å². The van der Waals surface area contributed by atoms with Gasteiger partial charge in [0.05, 0.1) is 0 Å². The molecule has 3 aromatic rings. The van der Waals surface area contributed by atoms with Gasteiger partial charge in [0.25, 0.3) is 5.91 Å². The fourth-order valence-electron chi connectivity index (χ4n) is 2.52. The molecule has 0 bridgehead atoms. The highest BCUT2D eigenvalue weighted by Gasteiger charge is 2.08. The predicted molar refractivity (Wildman–Crippen MR) is 102 cm³/mol. The topological polar surface area (TPSA) is 54.0 Å². The summed E-state index contributed by atoms with van der Waals surface area (Å²) in [6.07, 6.45) is 1.64. The number of aryl methyl sites for hydroxylation is 2. The van der Waals surface area contributed by atoms with Crippen molar-refractivity contribution in [3.8, 4) is 0 Å². The Labute approximate surface area is 147 Å². The van der Waals surface area contributed by atoms with Gasteiger partial charge in [-0.05, 0) is 43.7 Å². The molecule has 0 aliphatic carbocycles. The SMILES string of the molecule is Cc1ccc(NC(=O)c2cc(NCc3cccc(C)c3)ccn2)cc1. The van der Waals surface area contributed by atoms with Crippen LogP contribution in [-0.2, 0) is 6.54 Å². The van der Waals surface area contributed by atoms with Crippen LogP contribution in [0.1, 0.15) is 27.2 Å². The third-order valence-electron chi connectivity index (χ3n) is 3.88. The molecule has 25 heavy (non-hydrogen) atoms. The first-order valence-electron chi connectivity index (χ1n) is 8.24. The Bertz CT molecular complexity index is 872. The second-order valence-corrected chi connectivity index (χ2v) is 6.09. The van der Waals surface area contributed by atoms with Crippen molar-refractivity contribution in [2.45, 2.75) is 20.4 Å². The van der Waals surface area contributed by atoms with Crippen LogP contribution in [0.3, 0.4) is 0 Å². The van der Waals surface area contributed by atoms with Crippen LogP contribution in [0.2, 0.25) is 0 Å². The molecule has 0 fully saturated rings. The van der Waals surface area contributed by atoms with E-state index in [1.165, 1.54) is 11.1 Å². The third kappa shape index (κ3) is 4.67. The monoisotopic (exact) mass is 331 g/mol. The van der Waals surface area contributed by atoms with E-state index >= 15 is 0 Å². The molecule has 0 aliphatic heterocycles. The fraction of sp³-hybridized carbons (Fsp3) is 0.143. The van der Waals surface area contributed by atoms with E-state index in [4.69, 9.17) is 0 Å². The lowest BCUT2D eigenvalue weighted by atomic mass is 10.1. The molecule has 0 unspecified atom stereocenters. The lowest BCUT2D eigenvalue weighted by Gasteiger charge is -2.09. The Morgan fingerprint density at radius 2 is 1.72 bits per heavy atom. The van der Waals surface area contributed by atoms with Crippen LogP contribution in [0.15, 0.2) is 66.9 Å². The van der Waals surface area contributed by atoms with E-state index in [0.717, 1.165) is 16.9 Å². The molecule has 0 saturated carbocycles. The molecule has 1 heterocycles. The number of carbonyl (C=O) groups excluding carboxylic acids is 1. The molecule has 1 amide bonds. The number of rotatable bonds is 5. The van der Waals surface area contributed by atoms with Gasteiger partial charge >= 0.3 is 0 Å². The number of amides is 1. The molecule has 0 atom stereocenters. The highest BCUT2D eigenvalue weighted by atomic mass is 16.1. The van der Waals surface area contributed by atoms with E-state index in [-0.39, 0.29) is 5.91 Å². The zero-order valence-electron chi connectivity index (χ0n) is 14.4. The van der Waals surface area contributed by atoms with Gasteiger partial charge in [0.15, 0.2) is 0 Å². The molecule has 0 saturated heterocycles. The highest BCUT2D eigenvalue weighted by Crippen LogP contribution is 2.14. The number of aromatic nitrogens is 1. The van der Waals surface area contributed by atoms with Gasteiger partial charge in [-0.2, -0.15) is 0 Å². The minimum absolute atomic E-state index is 0.219. The van der Waals surface area contributed by atoms with Crippen molar-refractivity contribution in [2.75, 3.05) is 10.6 Å². The molecule has 126 valence electrons. The second-order valence-electron chi connectivity index (χ2n) is 6.09. The summed E-state index contributed by atoms with van der Waals surface area (Å²) in [7, 11) is 0. The van der Waals surface area contributed by atoms with Gasteiger partial charge in [-0.1, -0.05) is 47.5 Å². The minimum Gasteiger partial charge on any atom is -0.381 e. The van der Waals surface area contributed by atoms with Crippen LogP contribution < -0.4 is 10.6 Å². The quantitative estimate of drug-likeness (QED) is 0.720. The zero-order valence-corrected chi connectivity index (χ0v) is 14.4. The van der Waals surface area contributed by atoms with Crippen LogP contribution in [0.25, 0.3) is 0 Å². The van der Waals surface area contributed by atoms with E-state index in [9.17, 15) is 4.79 Å². The smallest absolute Gasteiger partial charge is 0.274 e. The molecule has 4 heteroatoms. The van der Waals surface area contributed by atoms with Crippen LogP contribution in [0, 0.1) is 13.8 Å². The number of carbonyl (C=O) groups is 1. The number of hydrogen-bond donors (Lipinski definition) is 2. The van der Waals surface area contributed by atoms with Gasteiger partial charge in [0.1, 0.15) is 5.69 Å². The summed E-state index contributed by atoms with van der Waals surface area (Å²) in [6, 6.07) is 19.6. The zero-order chi connectivity index (χ0) is 17.6. The van der Waals surface area contributed by atoms with Crippen molar-refractivity contribution in [2.24, 2.45) is 0 Å². The van der Waals surface area contributed by atoms with E-state index < -0.39 is 0 Å².